The molecular weight excluding hydrogens is 416 g/mol. The van der Waals surface area contributed by atoms with Gasteiger partial charge in [-0.05, 0) is 36.7 Å². The minimum absolute atomic E-state index is 0.00969. The molecule has 0 amide bonds. The minimum atomic E-state index is -3.73. The quantitative estimate of drug-likeness (QED) is 0.508. The highest BCUT2D eigenvalue weighted by Gasteiger charge is 2.52. The molecule has 0 N–H and O–H groups in total. The van der Waals surface area contributed by atoms with E-state index >= 15 is 0 Å². The van der Waals surface area contributed by atoms with Crippen molar-refractivity contribution in [2.75, 3.05) is 0 Å². The van der Waals surface area contributed by atoms with Crippen LogP contribution in [0.1, 0.15) is 33.6 Å². The molecule has 0 radical (unpaired) electrons. The molecule has 29 heavy (non-hydrogen) atoms. The second-order valence-electron chi connectivity index (χ2n) is 11.1. The van der Waals surface area contributed by atoms with Crippen molar-refractivity contribution in [1.82, 2.24) is 0 Å². The molecule has 0 aliphatic heterocycles. The van der Waals surface area contributed by atoms with E-state index in [-0.39, 0.29) is 34.2 Å². The van der Waals surface area contributed by atoms with Crippen molar-refractivity contribution in [3.63, 3.8) is 0 Å². The third kappa shape index (κ3) is 5.68. The fourth-order valence-electron chi connectivity index (χ4n) is 3.68. The van der Waals surface area contributed by atoms with Gasteiger partial charge in [0.25, 0.3) is 0 Å². The van der Waals surface area contributed by atoms with E-state index in [1.54, 1.807) is 30.3 Å². The van der Waals surface area contributed by atoms with Crippen molar-refractivity contribution in [1.29, 1.82) is 0 Å². The van der Waals surface area contributed by atoms with Crippen LogP contribution in [0.4, 0.5) is 0 Å². The smallest absolute Gasteiger partial charge is 0.192 e. The second-order valence-corrected chi connectivity index (χ2v) is 23.6. The fourth-order valence-corrected chi connectivity index (χ4v) is 8.29. The summed E-state index contributed by atoms with van der Waals surface area (Å²) in [6, 6.07) is 9.41. The maximum absolute atomic E-state index is 13.4. The Balaban J connectivity index is 2.43. The van der Waals surface area contributed by atoms with Crippen molar-refractivity contribution < 1.29 is 17.6 Å². The van der Waals surface area contributed by atoms with Crippen LogP contribution in [0.15, 0.2) is 35.2 Å². The van der Waals surface area contributed by atoms with E-state index in [4.69, 9.17) is 4.43 Å². The molecule has 0 bridgehead atoms. The van der Waals surface area contributed by atoms with E-state index < -0.39 is 31.5 Å². The van der Waals surface area contributed by atoms with Crippen LogP contribution in [-0.4, -0.2) is 41.9 Å². The second kappa shape index (κ2) is 8.40. The summed E-state index contributed by atoms with van der Waals surface area (Å²) in [5, 5.41) is -0.980. The van der Waals surface area contributed by atoms with Gasteiger partial charge in [0.05, 0.1) is 11.0 Å². The van der Waals surface area contributed by atoms with Crippen molar-refractivity contribution >= 4 is 32.0 Å². The Labute approximate surface area is 179 Å². The van der Waals surface area contributed by atoms with Gasteiger partial charge < -0.3 is 4.43 Å². The lowest BCUT2D eigenvalue weighted by Crippen LogP contribution is -2.46. The average Bonchev–Trinajstić information content (AvgIpc) is 2.87. The first-order chi connectivity index (χ1) is 13.1. The molecule has 3 atom stereocenters. The van der Waals surface area contributed by atoms with Crippen molar-refractivity contribution in [3.8, 4) is 0 Å². The maximum Gasteiger partial charge on any atom is 0.192 e. The van der Waals surface area contributed by atoms with E-state index in [2.05, 4.69) is 53.5 Å². The zero-order chi connectivity index (χ0) is 22.3. The highest BCUT2D eigenvalue weighted by atomic mass is 32.2. The van der Waals surface area contributed by atoms with Crippen molar-refractivity contribution in [3.05, 3.63) is 30.3 Å². The number of hydrogen-bond donors (Lipinski definition) is 0. The van der Waals surface area contributed by atoms with Crippen LogP contribution < -0.4 is 0 Å². The third-order valence-electron chi connectivity index (χ3n) is 6.47. The number of hydrogen-bond acceptors (Lipinski definition) is 4. The summed E-state index contributed by atoms with van der Waals surface area (Å²) in [4.78, 5) is 13.3. The SMILES string of the molecule is CC(C)(C)[Si](C)(C)O[C@H]1CC(=O)[C@H](S(=O)(=O)c2ccccc2)[C@H]1CC[Si](C)(C)C. The Morgan fingerprint density at radius 1 is 1.03 bits per heavy atom. The standard InChI is InChI=1S/C22H38O4SSi2/c1-22(2,3)29(7,8)26-20-16-19(23)21(18(20)14-15-28(4,5)6)27(24,25)17-12-10-9-11-13-17/h9-13,18,20-21H,14-16H2,1-8H3/t18-,20-,21+/m0/s1. The Kier molecular flexibility index (Phi) is 7.10. The summed E-state index contributed by atoms with van der Waals surface area (Å²) < 4.78 is 33.5. The van der Waals surface area contributed by atoms with Crippen LogP contribution in [0, 0.1) is 5.92 Å². The Bertz CT molecular complexity index is 821. The lowest BCUT2D eigenvalue weighted by atomic mass is 10.0. The summed E-state index contributed by atoms with van der Waals surface area (Å²) in [5.74, 6) is -0.452. The summed E-state index contributed by atoms with van der Waals surface area (Å²) in [7, 11) is -7.24. The predicted molar refractivity (Wildman–Crippen MR) is 125 cm³/mol. The summed E-state index contributed by atoms with van der Waals surface area (Å²) in [5.41, 5.74) is 0. The maximum atomic E-state index is 13.4. The zero-order valence-electron chi connectivity index (χ0n) is 19.3. The fraction of sp³-hybridized carbons (Fsp3) is 0.682. The van der Waals surface area contributed by atoms with Gasteiger partial charge in [-0.15, -0.1) is 0 Å². The van der Waals surface area contributed by atoms with Crippen LogP contribution in [0.2, 0.25) is 43.8 Å². The molecule has 1 saturated carbocycles. The van der Waals surface area contributed by atoms with Crippen LogP contribution in [-0.2, 0) is 19.1 Å². The van der Waals surface area contributed by atoms with Crippen LogP contribution in [0.5, 0.6) is 0 Å². The molecule has 4 nitrogen and oxygen atoms in total. The van der Waals surface area contributed by atoms with Gasteiger partial charge >= 0.3 is 0 Å². The first-order valence-corrected chi connectivity index (χ1v) is 18.7. The molecular formula is C22H38O4SSi2. The van der Waals surface area contributed by atoms with Crippen LogP contribution in [0.25, 0.3) is 0 Å². The molecule has 1 aromatic rings. The van der Waals surface area contributed by atoms with Gasteiger partial charge in [0.2, 0.25) is 0 Å². The topological polar surface area (TPSA) is 60.4 Å². The highest BCUT2D eigenvalue weighted by Crippen LogP contribution is 2.43. The van der Waals surface area contributed by atoms with Gasteiger partial charge in [0, 0.05) is 20.4 Å². The molecule has 0 unspecified atom stereocenters. The van der Waals surface area contributed by atoms with E-state index in [1.807, 2.05) is 0 Å². The van der Waals surface area contributed by atoms with E-state index in [0.29, 0.717) is 0 Å². The molecule has 1 aliphatic rings. The number of carbonyl (C=O) groups is 1. The lowest BCUT2D eigenvalue weighted by Gasteiger charge is -2.40. The lowest BCUT2D eigenvalue weighted by molar-refractivity contribution is -0.117. The minimum Gasteiger partial charge on any atom is -0.413 e. The molecule has 0 saturated heterocycles. The van der Waals surface area contributed by atoms with Gasteiger partial charge in [0.15, 0.2) is 23.9 Å². The van der Waals surface area contributed by atoms with Crippen molar-refractivity contribution in [2.45, 2.75) is 93.7 Å². The van der Waals surface area contributed by atoms with Gasteiger partial charge in [-0.2, -0.15) is 0 Å². The monoisotopic (exact) mass is 454 g/mol. The van der Waals surface area contributed by atoms with Gasteiger partial charge in [-0.3, -0.25) is 4.79 Å². The molecule has 1 aliphatic carbocycles. The van der Waals surface area contributed by atoms with Gasteiger partial charge in [-0.25, -0.2) is 8.42 Å². The Morgan fingerprint density at radius 3 is 2.07 bits per heavy atom. The molecule has 0 spiro atoms. The average molecular weight is 455 g/mol. The number of ketones is 1. The highest BCUT2D eigenvalue weighted by molar-refractivity contribution is 7.92. The first kappa shape index (κ1) is 24.5. The van der Waals surface area contributed by atoms with Gasteiger partial charge in [-0.1, -0.05) is 64.7 Å². The molecule has 1 aromatic carbocycles. The normalized spacial score (nSPS) is 24.1. The van der Waals surface area contributed by atoms with E-state index in [1.165, 1.54) is 0 Å². The molecule has 0 aromatic heterocycles. The molecule has 1 fully saturated rings. The Morgan fingerprint density at radius 2 is 1.59 bits per heavy atom. The number of rotatable bonds is 7. The first-order valence-electron chi connectivity index (χ1n) is 10.6. The molecule has 164 valence electrons. The summed E-state index contributed by atoms with van der Waals surface area (Å²) in [6.45, 7) is 17.7. The zero-order valence-corrected chi connectivity index (χ0v) is 22.1. The van der Waals surface area contributed by atoms with Crippen LogP contribution in [0.3, 0.4) is 0 Å². The summed E-state index contributed by atoms with van der Waals surface area (Å²) in [6.07, 6.45) is 0.639. The number of Topliss-reactive ketones (excluding diaryl/α,β-unsaturated/α-hetero) is 1. The largest absolute Gasteiger partial charge is 0.413 e. The van der Waals surface area contributed by atoms with Crippen molar-refractivity contribution in [2.24, 2.45) is 5.92 Å². The van der Waals surface area contributed by atoms with Crippen LogP contribution >= 0.6 is 0 Å². The Hall–Kier alpha value is -0.766. The molecule has 0 heterocycles. The predicted octanol–water partition coefficient (Wildman–Crippen LogP) is 5.54. The number of carbonyl (C=O) groups excluding carboxylic acids is 1. The number of sulfone groups is 1. The molecule has 2 rings (SSSR count). The summed E-state index contributed by atoms with van der Waals surface area (Å²) >= 11 is 0. The van der Waals surface area contributed by atoms with Gasteiger partial charge in [0.1, 0.15) is 5.25 Å². The number of benzene rings is 1. The van der Waals surface area contributed by atoms with E-state index in [0.717, 1.165) is 12.5 Å². The van der Waals surface area contributed by atoms with E-state index in [9.17, 15) is 13.2 Å². The molecule has 7 heteroatoms. The third-order valence-corrected chi connectivity index (χ3v) is 15.0.